The van der Waals surface area contributed by atoms with Crippen molar-refractivity contribution in [2.24, 2.45) is 11.7 Å². The van der Waals surface area contributed by atoms with Gasteiger partial charge < -0.3 is 10.5 Å². The van der Waals surface area contributed by atoms with Crippen molar-refractivity contribution in [1.82, 2.24) is 0 Å². The number of carbonyl (C=O) groups excluding carboxylic acids is 1. The van der Waals surface area contributed by atoms with Crippen LogP contribution in [0.3, 0.4) is 0 Å². The topological polar surface area (TPSA) is 52.3 Å². The van der Waals surface area contributed by atoms with Crippen molar-refractivity contribution in [3.05, 3.63) is 11.6 Å². The maximum atomic E-state index is 11.3. The first kappa shape index (κ1) is 10.3. The predicted molar refractivity (Wildman–Crippen MR) is 51.1 cm³/mol. The zero-order valence-electron chi connectivity index (χ0n) is 8.25. The SMILES string of the molecule is CCOC(=O)C1=CCC(C)C(N)C1. The van der Waals surface area contributed by atoms with E-state index in [4.69, 9.17) is 10.5 Å². The summed E-state index contributed by atoms with van der Waals surface area (Å²) in [7, 11) is 0. The summed E-state index contributed by atoms with van der Waals surface area (Å²) in [6.07, 6.45) is 3.49. The van der Waals surface area contributed by atoms with Crippen LogP contribution in [0.5, 0.6) is 0 Å². The van der Waals surface area contributed by atoms with Gasteiger partial charge in [-0.1, -0.05) is 13.0 Å². The molecular weight excluding hydrogens is 166 g/mol. The van der Waals surface area contributed by atoms with Gasteiger partial charge in [-0.05, 0) is 25.7 Å². The first-order valence-electron chi connectivity index (χ1n) is 4.77. The Morgan fingerprint density at radius 2 is 2.46 bits per heavy atom. The molecule has 3 heteroatoms. The lowest BCUT2D eigenvalue weighted by molar-refractivity contribution is -0.138. The Kier molecular flexibility index (Phi) is 3.48. The molecule has 0 fully saturated rings. The molecule has 2 N–H and O–H groups in total. The number of carbonyl (C=O) groups is 1. The summed E-state index contributed by atoms with van der Waals surface area (Å²) >= 11 is 0. The normalized spacial score (nSPS) is 28.1. The molecule has 1 aliphatic carbocycles. The summed E-state index contributed by atoms with van der Waals surface area (Å²) < 4.78 is 4.90. The van der Waals surface area contributed by atoms with E-state index in [1.807, 2.05) is 13.0 Å². The van der Waals surface area contributed by atoms with Gasteiger partial charge in [-0.2, -0.15) is 0 Å². The van der Waals surface area contributed by atoms with Gasteiger partial charge in [-0.25, -0.2) is 4.79 Å². The van der Waals surface area contributed by atoms with Crippen LogP contribution >= 0.6 is 0 Å². The Labute approximate surface area is 78.9 Å². The highest BCUT2D eigenvalue weighted by molar-refractivity contribution is 5.88. The van der Waals surface area contributed by atoms with Crippen LogP contribution in [0.25, 0.3) is 0 Å². The molecule has 1 aliphatic rings. The van der Waals surface area contributed by atoms with Crippen LogP contribution in [-0.4, -0.2) is 18.6 Å². The molecule has 0 bridgehead atoms. The minimum Gasteiger partial charge on any atom is -0.463 e. The first-order chi connectivity index (χ1) is 6.15. The third kappa shape index (κ3) is 2.56. The number of hydrogen-bond acceptors (Lipinski definition) is 3. The van der Waals surface area contributed by atoms with Crippen LogP contribution in [0.2, 0.25) is 0 Å². The molecule has 0 aromatic rings. The van der Waals surface area contributed by atoms with Gasteiger partial charge in [-0.15, -0.1) is 0 Å². The second kappa shape index (κ2) is 4.42. The summed E-state index contributed by atoms with van der Waals surface area (Å²) in [6.45, 7) is 4.34. The summed E-state index contributed by atoms with van der Waals surface area (Å²) in [5.74, 6) is 0.267. The molecule has 1 rings (SSSR count). The zero-order valence-corrected chi connectivity index (χ0v) is 8.25. The quantitative estimate of drug-likeness (QED) is 0.655. The van der Waals surface area contributed by atoms with Crippen LogP contribution in [0.4, 0.5) is 0 Å². The van der Waals surface area contributed by atoms with Crippen molar-refractivity contribution >= 4 is 5.97 Å². The van der Waals surface area contributed by atoms with Crippen molar-refractivity contribution in [1.29, 1.82) is 0 Å². The largest absolute Gasteiger partial charge is 0.463 e. The molecule has 0 heterocycles. The molecule has 2 unspecified atom stereocenters. The monoisotopic (exact) mass is 183 g/mol. The fourth-order valence-corrected chi connectivity index (χ4v) is 1.43. The molecule has 3 nitrogen and oxygen atoms in total. The fraction of sp³-hybridized carbons (Fsp3) is 0.700. The second-order valence-corrected chi connectivity index (χ2v) is 3.53. The Morgan fingerprint density at radius 3 is 3.00 bits per heavy atom. The van der Waals surface area contributed by atoms with Crippen molar-refractivity contribution in [2.75, 3.05) is 6.61 Å². The van der Waals surface area contributed by atoms with E-state index in [-0.39, 0.29) is 12.0 Å². The number of hydrogen-bond donors (Lipinski definition) is 1. The summed E-state index contributed by atoms with van der Waals surface area (Å²) in [5, 5.41) is 0. The van der Waals surface area contributed by atoms with E-state index in [9.17, 15) is 4.79 Å². The van der Waals surface area contributed by atoms with E-state index in [0.717, 1.165) is 12.0 Å². The lowest BCUT2D eigenvalue weighted by Gasteiger charge is -2.24. The Bertz CT molecular complexity index is 223. The fourth-order valence-electron chi connectivity index (χ4n) is 1.43. The van der Waals surface area contributed by atoms with Crippen LogP contribution in [0.15, 0.2) is 11.6 Å². The zero-order chi connectivity index (χ0) is 9.84. The predicted octanol–water partition coefficient (Wildman–Crippen LogP) is 1.23. The van der Waals surface area contributed by atoms with Gasteiger partial charge in [0.05, 0.1) is 6.61 Å². The van der Waals surface area contributed by atoms with Crippen LogP contribution in [0.1, 0.15) is 26.7 Å². The molecule has 0 amide bonds. The minimum atomic E-state index is -0.204. The van der Waals surface area contributed by atoms with Gasteiger partial charge in [0.25, 0.3) is 0 Å². The molecule has 0 saturated carbocycles. The van der Waals surface area contributed by atoms with Gasteiger partial charge >= 0.3 is 5.97 Å². The Balaban J connectivity index is 2.57. The maximum Gasteiger partial charge on any atom is 0.333 e. The molecular formula is C10H17NO2. The van der Waals surface area contributed by atoms with E-state index in [1.165, 1.54) is 0 Å². The van der Waals surface area contributed by atoms with E-state index in [0.29, 0.717) is 18.9 Å². The number of rotatable bonds is 2. The highest BCUT2D eigenvalue weighted by Crippen LogP contribution is 2.22. The smallest absolute Gasteiger partial charge is 0.333 e. The lowest BCUT2D eigenvalue weighted by atomic mass is 9.87. The first-order valence-corrected chi connectivity index (χ1v) is 4.77. The number of nitrogens with two attached hydrogens (primary N) is 1. The molecule has 74 valence electrons. The number of ether oxygens (including phenoxy) is 1. The molecule has 0 radical (unpaired) electrons. The number of allylic oxidation sites excluding steroid dienone is 1. The van der Waals surface area contributed by atoms with Gasteiger partial charge in [0, 0.05) is 11.6 Å². The van der Waals surface area contributed by atoms with Gasteiger partial charge in [0.15, 0.2) is 0 Å². The van der Waals surface area contributed by atoms with E-state index < -0.39 is 0 Å². The molecule has 0 aromatic carbocycles. The van der Waals surface area contributed by atoms with E-state index in [2.05, 4.69) is 6.92 Å². The van der Waals surface area contributed by atoms with Gasteiger partial charge in [0.2, 0.25) is 0 Å². The third-order valence-corrected chi connectivity index (χ3v) is 2.46. The minimum absolute atomic E-state index is 0.101. The Morgan fingerprint density at radius 1 is 1.77 bits per heavy atom. The van der Waals surface area contributed by atoms with E-state index >= 15 is 0 Å². The van der Waals surface area contributed by atoms with Gasteiger partial charge in [-0.3, -0.25) is 0 Å². The molecule has 13 heavy (non-hydrogen) atoms. The standard InChI is InChI=1S/C10H17NO2/c1-3-13-10(12)8-5-4-7(2)9(11)6-8/h5,7,9H,3-4,6,11H2,1-2H3. The molecule has 0 saturated heterocycles. The van der Waals surface area contributed by atoms with Crippen molar-refractivity contribution < 1.29 is 9.53 Å². The summed E-state index contributed by atoms with van der Waals surface area (Å²) in [4.78, 5) is 11.3. The van der Waals surface area contributed by atoms with Crippen molar-refractivity contribution in [2.45, 2.75) is 32.7 Å². The summed E-state index contributed by atoms with van der Waals surface area (Å²) in [5.41, 5.74) is 6.60. The van der Waals surface area contributed by atoms with Crippen LogP contribution in [-0.2, 0) is 9.53 Å². The maximum absolute atomic E-state index is 11.3. The van der Waals surface area contributed by atoms with Crippen LogP contribution < -0.4 is 5.73 Å². The van der Waals surface area contributed by atoms with E-state index in [1.54, 1.807) is 0 Å². The number of esters is 1. The average molecular weight is 183 g/mol. The van der Waals surface area contributed by atoms with Gasteiger partial charge in [0.1, 0.15) is 0 Å². The highest BCUT2D eigenvalue weighted by atomic mass is 16.5. The van der Waals surface area contributed by atoms with Crippen molar-refractivity contribution in [3.63, 3.8) is 0 Å². The highest BCUT2D eigenvalue weighted by Gasteiger charge is 2.22. The molecule has 0 aliphatic heterocycles. The second-order valence-electron chi connectivity index (χ2n) is 3.53. The van der Waals surface area contributed by atoms with Crippen molar-refractivity contribution in [3.8, 4) is 0 Å². The molecule has 2 atom stereocenters. The lowest BCUT2D eigenvalue weighted by Crippen LogP contribution is -2.32. The van der Waals surface area contributed by atoms with Crippen LogP contribution in [0, 0.1) is 5.92 Å². The molecule has 0 aromatic heterocycles. The third-order valence-electron chi connectivity index (χ3n) is 2.46. The average Bonchev–Trinajstić information content (AvgIpc) is 2.10. The Hall–Kier alpha value is -0.830. The summed E-state index contributed by atoms with van der Waals surface area (Å²) in [6, 6.07) is 0.101. The molecule has 0 spiro atoms.